The summed E-state index contributed by atoms with van der Waals surface area (Å²) in [5.41, 5.74) is 3.29. The Balaban J connectivity index is 1.81. The van der Waals surface area contributed by atoms with Crippen LogP contribution in [0.4, 0.5) is 0 Å². The van der Waals surface area contributed by atoms with Gasteiger partial charge < -0.3 is 10.4 Å². The maximum absolute atomic E-state index is 12.3. The smallest absolute Gasteiger partial charge is 0.253 e. The third kappa shape index (κ3) is 3.39. The lowest BCUT2D eigenvalue weighted by Gasteiger charge is -2.11. The predicted octanol–water partition coefficient (Wildman–Crippen LogP) is 4.04. The number of phenols is 1. The fourth-order valence-electron chi connectivity index (χ4n) is 2.45. The second kappa shape index (κ2) is 7.15. The Bertz CT molecular complexity index is 866. The highest BCUT2D eigenvalue weighted by Crippen LogP contribution is 2.27. The van der Waals surface area contributed by atoms with Gasteiger partial charge in [0.15, 0.2) is 0 Å². The fourth-order valence-corrected chi connectivity index (χ4v) is 2.67. The molecule has 3 rings (SSSR count). The van der Waals surface area contributed by atoms with Crippen LogP contribution in [0, 0.1) is 0 Å². The number of carbonyl (C=O) groups is 1. The Morgan fingerprint density at radius 1 is 1.04 bits per heavy atom. The van der Waals surface area contributed by atoms with E-state index < -0.39 is 0 Å². The van der Waals surface area contributed by atoms with Crippen LogP contribution < -0.4 is 5.32 Å². The summed E-state index contributed by atoms with van der Waals surface area (Å²) in [7, 11) is 0. The van der Waals surface area contributed by atoms with Crippen LogP contribution in [-0.4, -0.2) is 16.0 Å². The molecule has 0 aliphatic carbocycles. The van der Waals surface area contributed by atoms with Crippen molar-refractivity contribution in [3.8, 4) is 16.9 Å². The summed E-state index contributed by atoms with van der Waals surface area (Å²) in [6.07, 6.45) is 3.47. The number of rotatable bonds is 4. The number of carbonyl (C=O) groups excluding carboxylic acids is 1. The molecule has 1 amide bonds. The Labute approximate surface area is 144 Å². The molecule has 0 radical (unpaired) electrons. The quantitative estimate of drug-likeness (QED) is 0.754. The van der Waals surface area contributed by atoms with Crippen molar-refractivity contribution in [2.75, 3.05) is 0 Å². The molecule has 2 aromatic carbocycles. The van der Waals surface area contributed by atoms with Gasteiger partial charge in [0.2, 0.25) is 0 Å². The van der Waals surface area contributed by atoms with Gasteiger partial charge in [-0.3, -0.25) is 9.78 Å². The van der Waals surface area contributed by atoms with Crippen LogP contribution in [0.25, 0.3) is 11.1 Å². The number of phenolic OH excluding ortho intramolecular Hbond substituents is 1. The van der Waals surface area contributed by atoms with Crippen molar-refractivity contribution in [2.24, 2.45) is 0 Å². The lowest BCUT2D eigenvalue weighted by molar-refractivity contribution is 0.0950. The molecule has 1 aromatic heterocycles. The summed E-state index contributed by atoms with van der Waals surface area (Å²) in [5, 5.41) is 12.5. The fraction of sp³-hybridized carbons (Fsp3) is 0.0526. The van der Waals surface area contributed by atoms with Crippen LogP contribution in [0.1, 0.15) is 15.9 Å². The van der Waals surface area contributed by atoms with E-state index in [9.17, 15) is 9.90 Å². The van der Waals surface area contributed by atoms with Gasteiger partial charge in [-0.05, 0) is 41.0 Å². The molecular weight excluding hydrogens is 324 g/mol. The Morgan fingerprint density at radius 3 is 2.58 bits per heavy atom. The molecule has 3 aromatic rings. The number of hydrogen-bond acceptors (Lipinski definition) is 3. The molecule has 0 aliphatic rings. The van der Waals surface area contributed by atoms with Crippen LogP contribution >= 0.6 is 11.6 Å². The largest absolute Gasteiger partial charge is 0.506 e. The molecule has 0 saturated carbocycles. The molecule has 2 N–H and O–H groups in total. The molecule has 5 heteroatoms. The SMILES string of the molecule is O=C(NCc1ccccc1-c1ccncc1)c1cccc(O)c1Cl. The van der Waals surface area contributed by atoms with Gasteiger partial charge in [-0.15, -0.1) is 0 Å². The molecule has 0 unspecified atom stereocenters. The monoisotopic (exact) mass is 338 g/mol. The van der Waals surface area contributed by atoms with Crippen molar-refractivity contribution in [3.63, 3.8) is 0 Å². The number of nitrogens with zero attached hydrogens (tertiary/aromatic N) is 1. The Morgan fingerprint density at radius 2 is 1.79 bits per heavy atom. The molecule has 0 fully saturated rings. The van der Waals surface area contributed by atoms with Crippen molar-refractivity contribution in [1.82, 2.24) is 10.3 Å². The number of aromatic nitrogens is 1. The number of hydrogen-bond donors (Lipinski definition) is 2. The zero-order chi connectivity index (χ0) is 16.9. The first-order valence-corrected chi connectivity index (χ1v) is 7.78. The van der Waals surface area contributed by atoms with E-state index >= 15 is 0 Å². The van der Waals surface area contributed by atoms with Crippen molar-refractivity contribution in [1.29, 1.82) is 0 Å². The highest BCUT2D eigenvalue weighted by atomic mass is 35.5. The maximum Gasteiger partial charge on any atom is 0.253 e. The number of halogens is 1. The van der Waals surface area contributed by atoms with E-state index in [2.05, 4.69) is 10.3 Å². The Kier molecular flexibility index (Phi) is 4.77. The van der Waals surface area contributed by atoms with Gasteiger partial charge in [0.05, 0.1) is 10.6 Å². The van der Waals surface area contributed by atoms with E-state index in [0.29, 0.717) is 6.54 Å². The number of aromatic hydroxyl groups is 1. The minimum Gasteiger partial charge on any atom is -0.506 e. The highest BCUT2D eigenvalue weighted by molar-refractivity contribution is 6.35. The van der Waals surface area contributed by atoms with E-state index in [1.54, 1.807) is 24.5 Å². The molecule has 1 heterocycles. The zero-order valence-electron chi connectivity index (χ0n) is 12.7. The van der Waals surface area contributed by atoms with E-state index in [0.717, 1.165) is 16.7 Å². The molecule has 24 heavy (non-hydrogen) atoms. The zero-order valence-corrected chi connectivity index (χ0v) is 13.5. The van der Waals surface area contributed by atoms with Crippen LogP contribution in [0.15, 0.2) is 67.0 Å². The number of amides is 1. The third-order valence-electron chi connectivity index (χ3n) is 3.67. The summed E-state index contributed by atoms with van der Waals surface area (Å²) < 4.78 is 0. The van der Waals surface area contributed by atoms with E-state index in [1.165, 1.54) is 6.07 Å². The van der Waals surface area contributed by atoms with Crippen LogP contribution in [0.3, 0.4) is 0 Å². The van der Waals surface area contributed by atoms with Crippen molar-refractivity contribution in [2.45, 2.75) is 6.54 Å². The normalized spacial score (nSPS) is 10.4. The van der Waals surface area contributed by atoms with Gasteiger partial charge in [0, 0.05) is 18.9 Å². The molecule has 0 saturated heterocycles. The summed E-state index contributed by atoms with van der Waals surface area (Å²) >= 11 is 5.98. The van der Waals surface area contributed by atoms with Gasteiger partial charge in [-0.25, -0.2) is 0 Å². The van der Waals surface area contributed by atoms with E-state index in [1.807, 2.05) is 36.4 Å². The van der Waals surface area contributed by atoms with Gasteiger partial charge in [-0.1, -0.05) is 41.9 Å². The first kappa shape index (κ1) is 16.0. The molecular formula is C19H15ClN2O2. The van der Waals surface area contributed by atoms with Crippen molar-refractivity contribution in [3.05, 3.63) is 83.1 Å². The topological polar surface area (TPSA) is 62.2 Å². The van der Waals surface area contributed by atoms with Gasteiger partial charge in [0.25, 0.3) is 5.91 Å². The molecule has 0 aliphatic heterocycles. The third-order valence-corrected chi connectivity index (χ3v) is 4.07. The molecule has 0 atom stereocenters. The van der Waals surface area contributed by atoms with Crippen molar-refractivity contribution < 1.29 is 9.90 Å². The lowest BCUT2D eigenvalue weighted by Crippen LogP contribution is -2.23. The number of nitrogens with one attached hydrogen (secondary N) is 1. The van der Waals surface area contributed by atoms with Crippen LogP contribution in [0.2, 0.25) is 5.02 Å². The minimum absolute atomic E-state index is 0.0532. The van der Waals surface area contributed by atoms with E-state index in [4.69, 9.17) is 11.6 Å². The second-order valence-electron chi connectivity index (χ2n) is 5.21. The molecule has 0 bridgehead atoms. The summed E-state index contributed by atoms with van der Waals surface area (Å²) in [5.74, 6) is -0.443. The average molecular weight is 339 g/mol. The van der Waals surface area contributed by atoms with Crippen LogP contribution in [-0.2, 0) is 6.54 Å². The van der Waals surface area contributed by atoms with Gasteiger partial charge in [-0.2, -0.15) is 0 Å². The summed E-state index contributed by atoms with van der Waals surface area (Å²) in [6, 6.07) is 16.3. The minimum atomic E-state index is -0.333. The first-order chi connectivity index (χ1) is 11.7. The maximum atomic E-state index is 12.3. The predicted molar refractivity (Wildman–Crippen MR) is 94.0 cm³/mol. The van der Waals surface area contributed by atoms with Crippen molar-refractivity contribution >= 4 is 17.5 Å². The average Bonchev–Trinajstić information content (AvgIpc) is 2.63. The summed E-state index contributed by atoms with van der Waals surface area (Å²) in [6.45, 7) is 0.351. The first-order valence-electron chi connectivity index (χ1n) is 7.41. The molecule has 120 valence electrons. The van der Waals surface area contributed by atoms with Gasteiger partial charge in [0.1, 0.15) is 5.75 Å². The second-order valence-corrected chi connectivity index (χ2v) is 5.59. The van der Waals surface area contributed by atoms with Gasteiger partial charge >= 0.3 is 0 Å². The molecule has 4 nitrogen and oxygen atoms in total. The summed E-state index contributed by atoms with van der Waals surface area (Å²) in [4.78, 5) is 16.3. The highest BCUT2D eigenvalue weighted by Gasteiger charge is 2.13. The molecule has 0 spiro atoms. The lowest BCUT2D eigenvalue weighted by atomic mass is 10.0. The Hall–Kier alpha value is -2.85. The number of benzene rings is 2. The standard InChI is InChI=1S/C19H15ClN2O2/c20-18-16(6-3-7-17(18)23)19(24)22-12-14-4-1-2-5-15(14)13-8-10-21-11-9-13/h1-11,23H,12H2,(H,22,24). The van der Waals surface area contributed by atoms with Crippen LogP contribution in [0.5, 0.6) is 5.75 Å². The number of pyridine rings is 1. The van der Waals surface area contributed by atoms with E-state index in [-0.39, 0.29) is 22.2 Å².